The zero-order valence-corrected chi connectivity index (χ0v) is 28.4. The number of carbonyl (C=O) groups excluding carboxylic acids is 3. The van der Waals surface area contributed by atoms with Gasteiger partial charge < -0.3 is 5.32 Å². The van der Waals surface area contributed by atoms with Crippen molar-refractivity contribution in [1.29, 1.82) is 0 Å². The lowest BCUT2D eigenvalue weighted by Gasteiger charge is -2.16. The summed E-state index contributed by atoms with van der Waals surface area (Å²) < 4.78 is 71.8. The highest BCUT2D eigenvalue weighted by molar-refractivity contribution is 7.90. The summed E-state index contributed by atoms with van der Waals surface area (Å²) in [6.07, 6.45) is 0. The van der Waals surface area contributed by atoms with Gasteiger partial charge in [0.15, 0.2) is 0 Å². The number of hydrogen-bond acceptors (Lipinski definition) is 8. The molecule has 15 heteroatoms. The molecule has 0 atom stereocenters. The largest absolute Gasteiger partial charge is 0.381 e. The maximum absolute atomic E-state index is 15.1. The van der Waals surface area contributed by atoms with Gasteiger partial charge in [-0.3, -0.25) is 29.4 Å². The van der Waals surface area contributed by atoms with Crippen LogP contribution in [0.5, 0.6) is 0 Å². The average Bonchev–Trinajstić information content (AvgIpc) is 3.35. The minimum absolute atomic E-state index is 0.0659. The van der Waals surface area contributed by atoms with Crippen LogP contribution >= 0.6 is 0 Å². The molecule has 0 aliphatic carbocycles. The summed E-state index contributed by atoms with van der Waals surface area (Å²) in [7, 11) is -4.31. The molecule has 5 aromatic carbocycles. The second-order valence-corrected chi connectivity index (χ2v) is 13.7. The molecule has 0 fully saturated rings. The van der Waals surface area contributed by atoms with E-state index in [9.17, 15) is 41.7 Å². The number of halogens is 3. The molecule has 0 radical (unpaired) electrons. The van der Waals surface area contributed by atoms with Crippen molar-refractivity contribution in [2.24, 2.45) is 0 Å². The third-order valence-corrected chi connectivity index (χ3v) is 9.68. The van der Waals surface area contributed by atoms with E-state index in [4.69, 9.17) is 0 Å². The fourth-order valence-corrected chi connectivity index (χ4v) is 6.61. The van der Waals surface area contributed by atoms with E-state index in [1.807, 2.05) is 4.72 Å². The number of anilines is 1. The standard InChI is InChI=1S/C38H27F3N4O7S/c1-22-5-15-30(32(40)17-22)34-35(31-16-12-26(39)18-33(31)41)38(48)44(37(34)47)21-24-6-10-25(11-7-24)36(46)43-53(51,52)29-13-8-23(9-14-29)20-42-27-3-2-4-28(19-27)45(49)50/h2-19,42H,20-21H2,1H3,(H,43,46). The van der Waals surface area contributed by atoms with Crippen molar-refractivity contribution in [2.75, 3.05) is 5.32 Å². The van der Waals surface area contributed by atoms with Crippen LogP contribution in [0.4, 0.5) is 24.5 Å². The maximum Gasteiger partial charge on any atom is 0.271 e. The molecular weight excluding hydrogens is 714 g/mol. The number of nitrogens with zero attached hydrogens (tertiary/aromatic N) is 2. The Hall–Kier alpha value is -6.61. The second-order valence-electron chi connectivity index (χ2n) is 12.0. The van der Waals surface area contributed by atoms with Crippen molar-refractivity contribution in [1.82, 2.24) is 9.62 Å². The van der Waals surface area contributed by atoms with Crippen molar-refractivity contribution in [3.63, 3.8) is 0 Å². The molecule has 5 aromatic rings. The first-order valence-corrected chi connectivity index (χ1v) is 17.3. The number of amides is 3. The summed E-state index contributed by atoms with van der Waals surface area (Å²) in [5.41, 5.74) is 0.400. The van der Waals surface area contributed by atoms with Crippen LogP contribution in [0.25, 0.3) is 11.1 Å². The Morgan fingerprint density at radius 3 is 1.98 bits per heavy atom. The Balaban J connectivity index is 1.14. The second kappa shape index (κ2) is 14.6. The summed E-state index contributed by atoms with van der Waals surface area (Å²) in [5, 5.41) is 14.0. The lowest BCUT2D eigenvalue weighted by atomic mass is 9.95. The van der Waals surface area contributed by atoms with Crippen molar-refractivity contribution in [2.45, 2.75) is 24.9 Å². The Labute approximate surface area is 300 Å². The Bertz CT molecular complexity index is 2380. The first kappa shape index (κ1) is 36.2. The van der Waals surface area contributed by atoms with Crippen LogP contribution in [0.15, 0.2) is 114 Å². The number of carbonyl (C=O) groups is 3. The van der Waals surface area contributed by atoms with Gasteiger partial charge in [-0.05, 0) is 72.1 Å². The normalized spacial score (nSPS) is 13.0. The molecule has 0 saturated carbocycles. The van der Waals surface area contributed by atoms with Crippen LogP contribution in [0.2, 0.25) is 0 Å². The van der Waals surface area contributed by atoms with Crippen molar-refractivity contribution >= 4 is 50.3 Å². The van der Waals surface area contributed by atoms with Crippen LogP contribution < -0.4 is 10.0 Å². The number of benzene rings is 5. The third kappa shape index (κ3) is 7.69. The minimum Gasteiger partial charge on any atom is -0.381 e. The summed E-state index contributed by atoms with van der Waals surface area (Å²) in [5.74, 6) is -5.69. The zero-order valence-electron chi connectivity index (χ0n) is 27.6. The van der Waals surface area contributed by atoms with Gasteiger partial charge in [0.2, 0.25) is 0 Å². The van der Waals surface area contributed by atoms with Crippen LogP contribution in [0, 0.1) is 34.5 Å². The van der Waals surface area contributed by atoms with E-state index in [1.165, 1.54) is 78.9 Å². The van der Waals surface area contributed by atoms with Gasteiger partial charge >= 0.3 is 0 Å². The number of nitro groups is 1. The summed E-state index contributed by atoms with van der Waals surface area (Å²) >= 11 is 0. The number of hydrogen-bond donors (Lipinski definition) is 2. The fourth-order valence-electron chi connectivity index (χ4n) is 5.64. The number of rotatable bonds is 11. The zero-order chi connectivity index (χ0) is 38.0. The molecule has 3 amide bonds. The molecule has 0 unspecified atom stereocenters. The lowest BCUT2D eigenvalue weighted by molar-refractivity contribution is -0.384. The quantitative estimate of drug-likeness (QED) is 0.0880. The van der Waals surface area contributed by atoms with Gasteiger partial charge in [-0.1, -0.05) is 42.5 Å². The van der Waals surface area contributed by atoms with Crippen LogP contribution in [0.1, 0.15) is 38.2 Å². The van der Waals surface area contributed by atoms with Gasteiger partial charge in [-0.25, -0.2) is 26.3 Å². The van der Waals surface area contributed by atoms with E-state index < -0.39 is 61.3 Å². The molecular formula is C38H27F3N4O7S. The first-order chi connectivity index (χ1) is 25.2. The predicted molar refractivity (Wildman–Crippen MR) is 188 cm³/mol. The van der Waals surface area contributed by atoms with E-state index in [0.29, 0.717) is 28.4 Å². The van der Waals surface area contributed by atoms with Crippen LogP contribution in [-0.4, -0.2) is 36.0 Å². The molecule has 0 bridgehead atoms. The van der Waals surface area contributed by atoms with E-state index in [-0.39, 0.29) is 40.4 Å². The van der Waals surface area contributed by atoms with Gasteiger partial charge in [0, 0.05) is 47.1 Å². The number of imide groups is 1. The van der Waals surface area contributed by atoms with E-state index in [0.717, 1.165) is 23.1 Å². The van der Waals surface area contributed by atoms with E-state index in [1.54, 1.807) is 13.0 Å². The van der Waals surface area contributed by atoms with Gasteiger partial charge in [0.25, 0.3) is 33.4 Å². The van der Waals surface area contributed by atoms with E-state index in [2.05, 4.69) is 5.32 Å². The number of aryl methyl sites for hydroxylation is 1. The number of non-ortho nitro benzene ring substituents is 1. The molecule has 1 aliphatic rings. The smallest absolute Gasteiger partial charge is 0.271 e. The monoisotopic (exact) mass is 740 g/mol. The first-order valence-electron chi connectivity index (χ1n) is 15.8. The summed E-state index contributed by atoms with van der Waals surface area (Å²) in [4.78, 5) is 51.3. The average molecular weight is 741 g/mol. The molecule has 0 saturated heterocycles. The Kier molecular flexibility index (Phi) is 9.94. The number of nitro benzene ring substituents is 1. The van der Waals surface area contributed by atoms with E-state index >= 15 is 4.39 Å². The Morgan fingerprint density at radius 1 is 0.774 bits per heavy atom. The summed E-state index contributed by atoms with van der Waals surface area (Å²) in [6, 6.07) is 23.3. The summed E-state index contributed by atoms with van der Waals surface area (Å²) in [6.45, 7) is 1.49. The fraction of sp³-hybridized carbons (Fsp3) is 0.0789. The highest BCUT2D eigenvalue weighted by Crippen LogP contribution is 2.38. The predicted octanol–water partition coefficient (Wildman–Crippen LogP) is 6.53. The maximum atomic E-state index is 15.1. The molecule has 0 spiro atoms. The van der Waals surface area contributed by atoms with Crippen molar-refractivity contribution < 1.29 is 40.9 Å². The molecule has 6 rings (SSSR count). The van der Waals surface area contributed by atoms with Crippen molar-refractivity contribution in [3.05, 3.63) is 170 Å². The van der Waals surface area contributed by atoms with Crippen molar-refractivity contribution in [3.8, 4) is 0 Å². The molecule has 11 nitrogen and oxygen atoms in total. The highest BCUT2D eigenvalue weighted by Gasteiger charge is 2.41. The molecule has 0 aromatic heterocycles. The molecule has 1 heterocycles. The topological polar surface area (TPSA) is 156 Å². The number of nitrogens with one attached hydrogen (secondary N) is 2. The molecule has 53 heavy (non-hydrogen) atoms. The highest BCUT2D eigenvalue weighted by atomic mass is 32.2. The van der Waals surface area contributed by atoms with Crippen LogP contribution in [0.3, 0.4) is 0 Å². The van der Waals surface area contributed by atoms with Gasteiger partial charge in [0.1, 0.15) is 17.5 Å². The molecule has 2 N–H and O–H groups in total. The van der Waals surface area contributed by atoms with Gasteiger partial charge in [-0.2, -0.15) is 0 Å². The van der Waals surface area contributed by atoms with Gasteiger partial charge in [-0.15, -0.1) is 0 Å². The lowest BCUT2D eigenvalue weighted by Crippen LogP contribution is -2.31. The minimum atomic E-state index is -4.31. The molecule has 1 aliphatic heterocycles. The van der Waals surface area contributed by atoms with Gasteiger partial charge in [0.05, 0.1) is 27.5 Å². The van der Waals surface area contributed by atoms with Crippen LogP contribution in [-0.2, 0) is 32.7 Å². The molecule has 268 valence electrons. The number of sulfonamides is 1. The third-order valence-electron chi connectivity index (χ3n) is 8.33. The Morgan fingerprint density at radius 2 is 1.38 bits per heavy atom. The SMILES string of the molecule is Cc1ccc(C2=C(c3ccc(F)cc3F)C(=O)N(Cc3ccc(C(=O)NS(=O)(=O)c4ccc(CNc5cccc([N+](=O)[O-])c5)cc4)cc3)C2=O)c(F)c1.